The van der Waals surface area contributed by atoms with E-state index in [1.807, 2.05) is 18.2 Å². The quantitative estimate of drug-likeness (QED) is 0.911. The van der Waals surface area contributed by atoms with Gasteiger partial charge in [0.2, 0.25) is 0 Å². The highest BCUT2D eigenvalue weighted by Gasteiger charge is 2.24. The lowest BCUT2D eigenvalue weighted by molar-refractivity contribution is 0.0573. The molecule has 0 saturated carbocycles. The molecule has 0 bridgehead atoms. The zero-order valence-corrected chi connectivity index (χ0v) is 12.9. The minimum Gasteiger partial charge on any atom is -0.497 e. The molecule has 0 aliphatic heterocycles. The number of rotatable bonds is 4. The van der Waals surface area contributed by atoms with Crippen molar-refractivity contribution >= 4 is 15.9 Å². The molecule has 1 atom stereocenters. The average Bonchev–Trinajstić information content (AvgIpc) is 2.43. The van der Waals surface area contributed by atoms with E-state index in [-0.39, 0.29) is 5.82 Å². The fraction of sp³-hybridized carbons (Fsp3) is 0.250. The van der Waals surface area contributed by atoms with Crippen LogP contribution in [-0.2, 0) is 12.0 Å². The van der Waals surface area contributed by atoms with Gasteiger partial charge in [0, 0.05) is 6.42 Å². The van der Waals surface area contributed by atoms with Crippen LogP contribution in [0.3, 0.4) is 0 Å². The molecular formula is C16H16BrFO2. The zero-order chi connectivity index (χ0) is 14.8. The maximum atomic E-state index is 13.2. The Balaban J connectivity index is 2.27. The molecule has 2 nitrogen and oxygen atoms in total. The summed E-state index contributed by atoms with van der Waals surface area (Å²) >= 11 is 3.16. The standard InChI is InChI=1S/C16H16BrFO2/c1-16(19,12-4-3-5-13(9-12)20-2)10-11-6-7-15(18)14(17)8-11/h3-9,19H,10H2,1-2H3. The first-order chi connectivity index (χ1) is 9.42. The number of hydrogen-bond acceptors (Lipinski definition) is 2. The van der Waals surface area contributed by atoms with Crippen molar-refractivity contribution in [2.75, 3.05) is 7.11 Å². The van der Waals surface area contributed by atoms with Gasteiger partial charge in [-0.05, 0) is 58.2 Å². The SMILES string of the molecule is COc1cccc(C(C)(O)Cc2ccc(F)c(Br)c2)c1. The summed E-state index contributed by atoms with van der Waals surface area (Å²) in [6.45, 7) is 1.74. The molecule has 2 aromatic rings. The van der Waals surface area contributed by atoms with Crippen LogP contribution in [0.2, 0.25) is 0 Å². The summed E-state index contributed by atoms with van der Waals surface area (Å²) in [7, 11) is 1.59. The Morgan fingerprint density at radius 1 is 1.25 bits per heavy atom. The highest BCUT2D eigenvalue weighted by atomic mass is 79.9. The van der Waals surface area contributed by atoms with E-state index in [4.69, 9.17) is 4.74 Å². The van der Waals surface area contributed by atoms with E-state index >= 15 is 0 Å². The highest BCUT2D eigenvalue weighted by Crippen LogP contribution is 2.29. The normalized spacial score (nSPS) is 13.8. The highest BCUT2D eigenvalue weighted by molar-refractivity contribution is 9.10. The van der Waals surface area contributed by atoms with Gasteiger partial charge in [-0.25, -0.2) is 4.39 Å². The van der Waals surface area contributed by atoms with Gasteiger partial charge in [0.25, 0.3) is 0 Å². The summed E-state index contributed by atoms with van der Waals surface area (Å²) in [5.41, 5.74) is 0.564. The van der Waals surface area contributed by atoms with Crippen molar-refractivity contribution in [1.29, 1.82) is 0 Å². The molecule has 0 saturated heterocycles. The van der Waals surface area contributed by atoms with E-state index in [1.165, 1.54) is 6.07 Å². The maximum absolute atomic E-state index is 13.2. The molecule has 20 heavy (non-hydrogen) atoms. The second-order valence-electron chi connectivity index (χ2n) is 4.93. The van der Waals surface area contributed by atoms with Crippen molar-refractivity contribution in [3.63, 3.8) is 0 Å². The summed E-state index contributed by atoms with van der Waals surface area (Å²) in [5, 5.41) is 10.7. The molecule has 0 aromatic heterocycles. The molecule has 106 valence electrons. The minimum absolute atomic E-state index is 0.310. The Hall–Kier alpha value is -1.39. The van der Waals surface area contributed by atoms with E-state index in [0.717, 1.165) is 11.1 Å². The molecule has 0 amide bonds. The van der Waals surface area contributed by atoms with Crippen LogP contribution in [0.1, 0.15) is 18.1 Å². The number of benzene rings is 2. The van der Waals surface area contributed by atoms with Gasteiger partial charge in [-0.2, -0.15) is 0 Å². The largest absolute Gasteiger partial charge is 0.497 e. The van der Waals surface area contributed by atoms with Crippen LogP contribution in [0.15, 0.2) is 46.9 Å². The van der Waals surface area contributed by atoms with Crippen molar-refractivity contribution < 1.29 is 14.2 Å². The van der Waals surface area contributed by atoms with Crippen LogP contribution >= 0.6 is 15.9 Å². The second kappa shape index (κ2) is 5.94. The van der Waals surface area contributed by atoms with Crippen LogP contribution in [0.25, 0.3) is 0 Å². The Labute approximate surface area is 126 Å². The summed E-state index contributed by atoms with van der Waals surface area (Å²) < 4.78 is 18.8. The Kier molecular flexibility index (Phi) is 4.45. The third-order valence-corrected chi connectivity index (χ3v) is 3.83. The molecule has 0 fully saturated rings. The number of hydrogen-bond donors (Lipinski definition) is 1. The topological polar surface area (TPSA) is 29.5 Å². The first-order valence-corrected chi connectivity index (χ1v) is 7.02. The minimum atomic E-state index is -1.05. The molecule has 0 heterocycles. The summed E-state index contributed by atoms with van der Waals surface area (Å²) in [6, 6.07) is 12.1. The van der Waals surface area contributed by atoms with Crippen molar-refractivity contribution in [2.45, 2.75) is 18.9 Å². The Morgan fingerprint density at radius 2 is 2.00 bits per heavy atom. The van der Waals surface area contributed by atoms with Crippen molar-refractivity contribution in [1.82, 2.24) is 0 Å². The molecule has 0 aliphatic carbocycles. The molecule has 1 N–H and O–H groups in total. The Bertz CT molecular complexity index is 611. The van der Waals surface area contributed by atoms with Crippen molar-refractivity contribution in [3.05, 3.63) is 63.9 Å². The van der Waals surface area contributed by atoms with E-state index in [2.05, 4.69) is 15.9 Å². The maximum Gasteiger partial charge on any atom is 0.137 e. The number of aliphatic hydroxyl groups is 1. The third kappa shape index (κ3) is 3.38. The van der Waals surface area contributed by atoms with E-state index in [0.29, 0.717) is 16.6 Å². The van der Waals surface area contributed by atoms with Crippen molar-refractivity contribution in [3.8, 4) is 5.75 Å². The second-order valence-corrected chi connectivity index (χ2v) is 5.79. The predicted molar refractivity (Wildman–Crippen MR) is 80.4 cm³/mol. The number of halogens is 2. The third-order valence-electron chi connectivity index (χ3n) is 3.22. The predicted octanol–water partition coefficient (Wildman–Crippen LogP) is 4.05. The molecule has 2 aromatic carbocycles. The van der Waals surface area contributed by atoms with Crippen LogP contribution in [0, 0.1) is 5.82 Å². The van der Waals surface area contributed by atoms with Gasteiger partial charge >= 0.3 is 0 Å². The fourth-order valence-electron chi connectivity index (χ4n) is 2.11. The van der Waals surface area contributed by atoms with Gasteiger partial charge < -0.3 is 9.84 Å². The molecule has 0 spiro atoms. The van der Waals surface area contributed by atoms with Crippen molar-refractivity contribution in [2.24, 2.45) is 0 Å². The van der Waals surface area contributed by atoms with Gasteiger partial charge in [0.15, 0.2) is 0 Å². The average molecular weight is 339 g/mol. The number of methoxy groups -OCH3 is 1. The molecular weight excluding hydrogens is 323 g/mol. The molecule has 0 aliphatic rings. The number of ether oxygens (including phenoxy) is 1. The van der Waals surface area contributed by atoms with Gasteiger partial charge in [-0.3, -0.25) is 0 Å². The Morgan fingerprint density at radius 3 is 2.65 bits per heavy atom. The summed E-state index contributed by atoms with van der Waals surface area (Å²) in [6.07, 6.45) is 0.388. The monoisotopic (exact) mass is 338 g/mol. The first-order valence-electron chi connectivity index (χ1n) is 6.23. The summed E-state index contributed by atoms with van der Waals surface area (Å²) in [4.78, 5) is 0. The van der Waals surface area contributed by atoms with Gasteiger partial charge in [-0.1, -0.05) is 18.2 Å². The molecule has 4 heteroatoms. The van der Waals surface area contributed by atoms with Crippen LogP contribution in [-0.4, -0.2) is 12.2 Å². The van der Waals surface area contributed by atoms with E-state index in [9.17, 15) is 9.50 Å². The van der Waals surface area contributed by atoms with Gasteiger partial charge in [-0.15, -0.1) is 0 Å². The summed E-state index contributed by atoms with van der Waals surface area (Å²) in [5.74, 6) is 0.387. The zero-order valence-electron chi connectivity index (χ0n) is 11.4. The van der Waals surface area contributed by atoms with Gasteiger partial charge in [0.1, 0.15) is 11.6 Å². The molecule has 2 rings (SSSR count). The lowest BCUT2D eigenvalue weighted by Gasteiger charge is -2.24. The first kappa shape index (κ1) is 15.0. The molecule has 0 radical (unpaired) electrons. The van der Waals surface area contributed by atoms with E-state index < -0.39 is 5.60 Å². The van der Waals surface area contributed by atoms with E-state index in [1.54, 1.807) is 32.2 Å². The lowest BCUT2D eigenvalue weighted by atomic mass is 9.89. The van der Waals surface area contributed by atoms with Crippen LogP contribution < -0.4 is 4.74 Å². The fourth-order valence-corrected chi connectivity index (χ4v) is 2.53. The van der Waals surface area contributed by atoms with Crippen LogP contribution in [0.4, 0.5) is 4.39 Å². The lowest BCUT2D eigenvalue weighted by Crippen LogP contribution is -2.24. The van der Waals surface area contributed by atoms with Gasteiger partial charge in [0.05, 0.1) is 17.2 Å². The molecule has 1 unspecified atom stereocenters. The smallest absolute Gasteiger partial charge is 0.137 e. The van der Waals surface area contributed by atoms with Crippen LogP contribution in [0.5, 0.6) is 5.75 Å².